The summed E-state index contributed by atoms with van der Waals surface area (Å²) in [6.45, 7) is 0.317. The molecule has 122 valence electrons. The standard InChI is InChI=1S/C17H14ClN3O3/c18-12-4-2-1-3-10(12)8-20-15-14(19)11-7-9(17(23)24)5-6-13(11)21-16(15)22/h1-7,20H,8H2,(H,23,24)(H3,19,21,22). The van der Waals surface area contributed by atoms with Crippen LogP contribution < -0.4 is 16.6 Å². The van der Waals surface area contributed by atoms with Crippen molar-refractivity contribution in [3.05, 3.63) is 69.0 Å². The zero-order chi connectivity index (χ0) is 17.3. The highest BCUT2D eigenvalue weighted by Gasteiger charge is 2.12. The van der Waals surface area contributed by atoms with E-state index in [1.165, 1.54) is 18.2 Å². The molecule has 0 atom stereocenters. The summed E-state index contributed by atoms with van der Waals surface area (Å²) in [5.74, 6) is -1.06. The van der Waals surface area contributed by atoms with Crippen LogP contribution in [-0.2, 0) is 6.54 Å². The highest BCUT2D eigenvalue weighted by molar-refractivity contribution is 6.31. The van der Waals surface area contributed by atoms with Gasteiger partial charge in [-0.05, 0) is 29.8 Å². The van der Waals surface area contributed by atoms with Crippen LogP contribution in [-0.4, -0.2) is 16.1 Å². The Morgan fingerprint density at radius 1 is 1.25 bits per heavy atom. The van der Waals surface area contributed by atoms with Crippen molar-refractivity contribution < 1.29 is 9.90 Å². The van der Waals surface area contributed by atoms with E-state index in [1.54, 1.807) is 6.07 Å². The van der Waals surface area contributed by atoms with Gasteiger partial charge in [-0.2, -0.15) is 0 Å². The van der Waals surface area contributed by atoms with Crippen LogP contribution in [0.25, 0.3) is 10.9 Å². The predicted molar refractivity (Wildman–Crippen MR) is 94.7 cm³/mol. The summed E-state index contributed by atoms with van der Waals surface area (Å²) in [5.41, 5.74) is 7.48. The molecule has 0 saturated heterocycles. The third kappa shape index (κ3) is 2.91. The molecule has 5 N–H and O–H groups in total. The minimum Gasteiger partial charge on any atom is -0.478 e. The number of aromatic carboxylic acids is 1. The molecule has 0 bridgehead atoms. The summed E-state index contributed by atoms with van der Waals surface area (Å²) < 4.78 is 0. The fourth-order valence-electron chi connectivity index (χ4n) is 2.45. The summed E-state index contributed by atoms with van der Waals surface area (Å²) in [7, 11) is 0. The van der Waals surface area contributed by atoms with Crippen LogP contribution in [0.3, 0.4) is 0 Å². The molecule has 0 fully saturated rings. The second kappa shape index (κ2) is 6.25. The van der Waals surface area contributed by atoms with E-state index in [2.05, 4.69) is 10.3 Å². The second-order valence-electron chi connectivity index (χ2n) is 5.25. The molecule has 24 heavy (non-hydrogen) atoms. The largest absolute Gasteiger partial charge is 0.478 e. The zero-order valence-electron chi connectivity index (χ0n) is 12.5. The van der Waals surface area contributed by atoms with Crippen LogP contribution >= 0.6 is 11.6 Å². The van der Waals surface area contributed by atoms with Gasteiger partial charge >= 0.3 is 5.97 Å². The number of halogens is 1. The van der Waals surface area contributed by atoms with Crippen LogP contribution in [0.4, 0.5) is 11.4 Å². The third-order valence-electron chi connectivity index (χ3n) is 3.71. The van der Waals surface area contributed by atoms with Gasteiger partial charge in [-0.1, -0.05) is 29.8 Å². The van der Waals surface area contributed by atoms with Gasteiger partial charge in [0.2, 0.25) is 0 Å². The number of fused-ring (bicyclic) bond motifs is 1. The maximum absolute atomic E-state index is 12.2. The normalized spacial score (nSPS) is 10.7. The predicted octanol–water partition coefficient (Wildman–Crippen LogP) is 3.07. The van der Waals surface area contributed by atoms with Gasteiger partial charge in [0.25, 0.3) is 5.56 Å². The minimum absolute atomic E-state index is 0.0957. The number of H-pyrrole nitrogens is 1. The first-order valence-electron chi connectivity index (χ1n) is 7.13. The van der Waals surface area contributed by atoms with Crippen molar-refractivity contribution in [2.75, 3.05) is 11.1 Å². The monoisotopic (exact) mass is 343 g/mol. The Labute approximate surface area is 141 Å². The van der Waals surface area contributed by atoms with Gasteiger partial charge in [-0.3, -0.25) is 4.79 Å². The first kappa shape index (κ1) is 15.9. The Hall–Kier alpha value is -2.99. The molecule has 0 unspecified atom stereocenters. The van der Waals surface area contributed by atoms with Gasteiger partial charge in [0.1, 0.15) is 5.69 Å². The van der Waals surface area contributed by atoms with Crippen molar-refractivity contribution in [3.63, 3.8) is 0 Å². The number of carbonyl (C=O) groups is 1. The number of nitrogens with one attached hydrogen (secondary N) is 2. The van der Waals surface area contributed by atoms with E-state index < -0.39 is 5.97 Å². The molecule has 0 spiro atoms. The molecular formula is C17H14ClN3O3. The maximum Gasteiger partial charge on any atom is 0.335 e. The molecule has 0 aliphatic heterocycles. The molecule has 2 aromatic carbocycles. The zero-order valence-corrected chi connectivity index (χ0v) is 13.2. The van der Waals surface area contributed by atoms with Gasteiger partial charge in [-0.15, -0.1) is 0 Å². The molecule has 6 nitrogen and oxygen atoms in total. The number of rotatable bonds is 4. The molecule has 3 aromatic rings. The smallest absolute Gasteiger partial charge is 0.335 e. The molecule has 0 aliphatic carbocycles. The van der Waals surface area contributed by atoms with E-state index in [-0.39, 0.29) is 22.5 Å². The van der Waals surface area contributed by atoms with Gasteiger partial charge < -0.3 is 21.1 Å². The van der Waals surface area contributed by atoms with E-state index in [0.717, 1.165) is 5.56 Å². The van der Waals surface area contributed by atoms with E-state index in [9.17, 15) is 9.59 Å². The summed E-state index contributed by atoms with van der Waals surface area (Å²) in [5, 5.41) is 13.1. The summed E-state index contributed by atoms with van der Waals surface area (Å²) in [6, 6.07) is 11.6. The Morgan fingerprint density at radius 3 is 2.71 bits per heavy atom. The number of pyridine rings is 1. The van der Waals surface area contributed by atoms with Gasteiger partial charge in [-0.25, -0.2) is 4.79 Å². The Balaban J connectivity index is 2.02. The number of aromatic nitrogens is 1. The number of anilines is 2. The van der Waals surface area contributed by atoms with Crippen LogP contribution in [0.5, 0.6) is 0 Å². The SMILES string of the molecule is Nc1c(NCc2ccccc2Cl)c(=O)[nH]c2ccc(C(=O)O)cc12. The van der Waals surface area contributed by atoms with E-state index in [0.29, 0.717) is 22.5 Å². The van der Waals surface area contributed by atoms with Crippen molar-refractivity contribution in [1.29, 1.82) is 0 Å². The van der Waals surface area contributed by atoms with Gasteiger partial charge in [0, 0.05) is 17.0 Å². The number of hydrogen-bond donors (Lipinski definition) is 4. The number of nitrogens with two attached hydrogens (primary N) is 1. The third-order valence-corrected chi connectivity index (χ3v) is 4.08. The Kier molecular flexibility index (Phi) is 4.14. The van der Waals surface area contributed by atoms with Crippen LogP contribution in [0.15, 0.2) is 47.3 Å². The average molecular weight is 344 g/mol. The molecule has 0 saturated carbocycles. The van der Waals surface area contributed by atoms with Crippen LogP contribution in [0.2, 0.25) is 5.02 Å². The van der Waals surface area contributed by atoms with E-state index in [1.807, 2.05) is 18.2 Å². The summed E-state index contributed by atoms with van der Waals surface area (Å²) in [4.78, 5) is 26.0. The Bertz CT molecular complexity index is 998. The lowest BCUT2D eigenvalue weighted by molar-refractivity contribution is 0.0697. The number of nitrogen functional groups attached to an aromatic ring is 1. The van der Waals surface area contributed by atoms with E-state index >= 15 is 0 Å². The fraction of sp³-hybridized carbons (Fsp3) is 0.0588. The molecule has 7 heteroatoms. The van der Waals surface area contributed by atoms with Crippen molar-refractivity contribution in [2.24, 2.45) is 0 Å². The number of aromatic amines is 1. The quantitative estimate of drug-likeness (QED) is 0.582. The maximum atomic E-state index is 12.2. The summed E-state index contributed by atoms with van der Waals surface area (Å²) in [6.07, 6.45) is 0. The first-order chi connectivity index (χ1) is 11.5. The highest BCUT2D eigenvalue weighted by Crippen LogP contribution is 2.26. The second-order valence-corrected chi connectivity index (χ2v) is 5.66. The lowest BCUT2D eigenvalue weighted by Crippen LogP contribution is -2.17. The van der Waals surface area contributed by atoms with Crippen molar-refractivity contribution in [3.8, 4) is 0 Å². The van der Waals surface area contributed by atoms with Gasteiger partial charge in [0.05, 0.1) is 16.8 Å². The number of carboxylic acid groups (broad SMARTS) is 1. The molecule has 0 radical (unpaired) electrons. The molecule has 1 heterocycles. The lowest BCUT2D eigenvalue weighted by Gasteiger charge is -2.12. The molecular weight excluding hydrogens is 330 g/mol. The topological polar surface area (TPSA) is 108 Å². The first-order valence-corrected chi connectivity index (χ1v) is 7.51. The minimum atomic E-state index is -1.06. The molecule has 0 amide bonds. The average Bonchev–Trinajstić information content (AvgIpc) is 2.55. The van der Waals surface area contributed by atoms with Crippen molar-refractivity contribution in [1.82, 2.24) is 4.98 Å². The number of hydrogen-bond acceptors (Lipinski definition) is 4. The molecule has 0 aliphatic rings. The molecule has 1 aromatic heterocycles. The number of carboxylic acids is 1. The highest BCUT2D eigenvalue weighted by atomic mass is 35.5. The molecule has 3 rings (SSSR count). The van der Waals surface area contributed by atoms with Crippen molar-refractivity contribution >= 4 is 39.8 Å². The van der Waals surface area contributed by atoms with Crippen LogP contribution in [0, 0.1) is 0 Å². The fourth-order valence-corrected chi connectivity index (χ4v) is 2.65. The van der Waals surface area contributed by atoms with Crippen LogP contribution in [0.1, 0.15) is 15.9 Å². The lowest BCUT2D eigenvalue weighted by atomic mass is 10.1. The Morgan fingerprint density at radius 2 is 2.00 bits per heavy atom. The number of benzene rings is 2. The van der Waals surface area contributed by atoms with E-state index in [4.69, 9.17) is 22.4 Å². The van der Waals surface area contributed by atoms with Gasteiger partial charge in [0.15, 0.2) is 0 Å². The van der Waals surface area contributed by atoms with Crippen molar-refractivity contribution in [2.45, 2.75) is 6.54 Å². The summed E-state index contributed by atoms with van der Waals surface area (Å²) >= 11 is 6.10.